The fraction of sp³-hybridized carbons (Fsp3) is 0.100. The molecule has 0 amide bonds. The molecule has 0 saturated carbocycles. The lowest BCUT2D eigenvalue weighted by molar-refractivity contribution is -0.133. The number of aliphatic hydroxyl groups excluding tert-OH is 1. The summed E-state index contributed by atoms with van der Waals surface area (Å²) in [5.74, 6) is -0.547. The number of carbonyl (C=O) groups is 1. The van der Waals surface area contributed by atoms with Crippen molar-refractivity contribution in [2.75, 3.05) is 7.11 Å². The Balaban J connectivity index is 3.00. The van der Waals surface area contributed by atoms with E-state index >= 15 is 0 Å². The summed E-state index contributed by atoms with van der Waals surface area (Å²) in [7, 11) is 1.27. The molecule has 0 atom stereocenters. The van der Waals surface area contributed by atoms with Gasteiger partial charge in [0.25, 0.3) is 0 Å². The second kappa shape index (κ2) is 4.30. The van der Waals surface area contributed by atoms with Crippen LogP contribution in [0.25, 0.3) is 5.57 Å². The molecule has 0 aromatic heterocycles. The monoisotopic (exact) mass is 178 g/mol. The topological polar surface area (TPSA) is 46.5 Å². The van der Waals surface area contributed by atoms with Crippen LogP contribution in [0, 0.1) is 0 Å². The Morgan fingerprint density at radius 1 is 1.38 bits per heavy atom. The zero-order valence-corrected chi connectivity index (χ0v) is 7.23. The second-order valence-electron chi connectivity index (χ2n) is 2.40. The van der Waals surface area contributed by atoms with Crippen LogP contribution < -0.4 is 0 Å². The molecule has 0 aliphatic rings. The van der Waals surface area contributed by atoms with E-state index in [9.17, 15) is 4.79 Å². The predicted octanol–water partition coefficient (Wildman–Crippen LogP) is 1.76. The third kappa shape index (κ3) is 2.08. The van der Waals surface area contributed by atoms with Crippen LogP contribution >= 0.6 is 0 Å². The number of aliphatic hydroxyl groups is 1. The van der Waals surface area contributed by atoms with Crippen molar-refractivity contribution < 1.29 is 14.6 Å². The van der Waals surface area contributed by atoms with Crippen molar-refractivity contribution >= 4 is 11.5 Å². The van der Waals surface area contributed by atoms with E-state index in [2.05, 4.69) is 4.74 Å². The van der Waals surface area contributed by atoms with E-state index in [0.717, 1.165) is 6.26 Å². The van der Waals surface area contributed by atoms with Gasteiger partial charge in [-0.3, -0.25) is 0 Å². The van der Waals surface area contributed by atoms with E-state index in [1.54, 1.807) is 24.3 Å². The molecule has 0 fully saturated rings. The van der Waals surface area contributed by atoms with Crippen molar-refractivity contribution in [1.29, 1.82) is 0 Å². The van der Waals surface area contributed by atoms with Gasteiger partial charge in [0.1, 0.15) is 5.57 Å². The number of ether oxygens (including phenoxy) is 1. The Morgan fingerprint density at radius 2 is 2.00 bits per heavy atom. The molecule has 0 aliphatic heterocycles. The first-order chi connectivity index (χ1) is 6.29. The first-order valence-corrected chi connectivity index (χ1v) is 3.77. The molecule has 1 aromatic rings. The maximum absolute atomic E-state index is 11.1. The molecular weight excluding hydrogens is 168 g/mol. The zero-order valence-electron chi connectivity index (χ0n) is 7.23. The highest BCUT2D eigenvalue weighted by Crippen LogP contribution is 2.14. The van der Waals surface area contributed by atoms with E-state index in [0.29, 0.717) is 5.56 Å². The first kappa shape index (κ1) is 9.32. The minimum absolute atomic E-state index is 0.156. The number of benzene rings is 1. The Morgan fingerprint density at radius 3 is 2.46 bits per heavy atom. The van der Waals surface area contributed by atoms with Crippen LogP contribution in [0.4, 0.5) is 0 Å². The van der Waals surface area contributed by atoms with Gasteiger partial charge in [0.2, 0.25) is 0 Å². The molecular formula is C10H10O3. The highest BCUT2D eigenvalue weighted by Gasteiger charge is 2.11. The third-order valence-corrected chi connectivity index (χ3v) is 1.62. The molecule has 0 radical (unpaired) electrons. The Kier molecular flexibility index (Phi) is 3.09. The van der Waals surface area contributed by atoms with Crippen LogP contribution in [0.15, 0.2) is 36.6 Å². The Labute approximate surface area is 76.3 Å². The van der Waals surface area contributed by atoms with E-state index in [4.69, 9.17) is 5.11 Å². The minimum atomic E-state index is -0.547. The van der Waals surface area contributed by atoms with Crippen LogP contribution in [-0.4, -0.2) is 18.2 Å². The summed E-state index contributed by atoms with van der Waals surface area (Å²) in [4.78, 5) is 11.1. The number of rotatable bonds is 2. The molecule has 0 spiro atoms. The van der Waals surface area contributed by atoms with E-state index in [1.807, 2.05) is 6.07 Å². The van der Waals surface area contributed by atoms with Gasteiger partial charge in [0.05, 0.1) is 13.4 Å². The summed E-state index contributed by atoms with van der Waals surface area (Å²) >= 11 is 0. The third-order valence-electron chi connectivity index (χ3n) is 1.62. The van der Waals surface area contributed by atoms with Crippen molar-refractivity contribution in [2.45, 2.75) is 0 Å². The number of methoxy groups -OCH3 is 1. The van der Waals surface area contributed by atoms with Gasteiger partial charge in [0.15, 0.2) is 0 Å². The van der Waals surface area contributed by atoms with Crippen LogP contribution in [0.5, 0.6) is 0 Å². The first-order valence-electron chi connectivity index (χ1n) is 3.77. The molecule has 13 heavy (non-hydrogen) atoms. The highest BCUT2D eigenvalue weighted by molar-refractivity contribution is 6.15. The lowest BCUT2D eigenvalue weighted by atomic mass is 10.1. The highest BCUT2D eigenvalue weighted by atomic mass is 16.5. The normalized spacial score (nSPS) is 11.0. The lowest BCUT2D eigenvalue weighted by Gasteiger charge is -2.02. The van der Waals surface area contributed by atoms with Crippen molar-refractivity contribution in [3.8, 4) is 0 Å². The van der Waals surface area contributed by atoms with Crippen molar-refractivity contribution in [1.82, 2.24) is 0 Å². The van der Waals surface area contributed by atoms with E-state index < -0.39 is 5.97 Å². The number of hydrogen-bond acceptors (Lipinski definition) is 3. The fourth-order valence-corrected chi connectivity index (χ4v) is 0.973. The standard InChI is InChI=1S/C10H10O3/c1-13-10(12)9(7-11)8-5-3-2-4-6-8/h2-7,11H,1H3/b9-7-. The summed E-state index contributed by atoms with van der Waals surface area (Å²) in [6, 6.07) is 8.83. The molecule has 0 heterocycles. The smallest absolute Gasteiger partial charge is 0.341 e. The Hall–Kier alpha value is -1.77. The van der Waals surface area contributed by atoms with Gasteiger partial charge in [-0.1, -0.05) is 30.3 Å². The fourth-order valence-electron chi connectivity index (χ4n) is 0.973. The molecule has 1 aromatic carbocycles. The van der Waals surface area contributed by atoms with Gasteiger partial charge in [0, 0.05) is 0 Å². The van der Waals surface area contributed by atoms with Crippen molar-refractivity contribution in [2.24, 2.45) is 0 Å². The van der Waals surface area contributed by atoms with Gasteiger partial charge in [-0.15, -0.1) is 0 Å². The summed E-state index contributed by atoms with van der Waals surface area (Å²) < 4.78 is 4.49. The summed E-state index contributed by atoms with van der Waals surface area (Å²) in [6.07, 6.45) is 0.751. The van der Waals surface area contributed by atoms with Crippen LogP contribution in [-0.2, 0) is 9.53 Å². The number of esters is 1. The summed E-state index contributed by atoms with van der Waals surface area (Å²) in [5.41, 5.74) is 0.792. The lowest BCUT2D eigenvalue weighted by Crippen LogP contribution is -2.03. The second-order valence-corrected chi connectivity index (χ2v) is 2.40. The molecule has 1 rings (SSSR count). The SMILES string of the molecule is COC(=O)/C(=C\O)c1ccccc1. The van der Waals surface area contributed by atoms with E-state index in [-0.39, 0.29) is 5.57 Å². The van der Waals surface area contributed by atoms with Crippen molar-refractivity contribution in [3.63, 3.8) is 0 Å². The molecule has 0 bridgehead atoms. The summed E-state index contributed by atoms with van der Waals surface area (Å²) in [6.45, 7) is 0. The average Bonchev–Trinajstić information content (AvgIpc) is 2.20. The Bertz CT molecular complexity index is 314. The molecule has 0 unspecified atom stereocenters. The number of hydrogen-bond donors (Lipinski definition) is 1. The molecule has 3 nitrogen and oxygen atoms in total. The van der Waals surface area contributed by atoms with Crippen molar-refractivity contribution in [3.05, 3.63) is 42.2 Å². The maximum atomic E-state index is 11.1. The quantitative estimate of drug-likeness (QED) is 0.426. The predicted molar refractivity (Wildman–Crippen MR) is 49.1 cm³/mol. The largest absolute Gasteiger partial charge is 0.515 e. The molecule has 0 aliphatic carbocycles. The number of carbonyl (C=O) groups excluding carboxylic acids is 1. The van der Waals surface area contributed by atoms with Crippen LogP contribution in [0.1, 0.15) is 5.56 Å². The van der Waals surface area contributed by atoms with Crippen LogP contribution in [0.2, 0.25) is 0 Å². The van der Waals surface area contributed by atoms with Gasteiger partial charge in [-0.2, -0.15) is 0 Å². The molecule has 0 saturated heterocycles. The molecule has 3 heteroatoms. The average molecular weight is 178 g/mol. The molecule has 68 valence electrons. The zero-order chi connectivity index (χ0) is 9.68. The van der Waals surface area contributed by atoms with Gasteiger partial charge in [-0.25, -0.2) is 4.79 Å². The van der Waals surface area contributed by atoms with Crippen LogP contribution in [0.3, 0.4) is 0 Å². The molecule has 1 N–H and O–H groups in total. The van der Waals surface area contributed by atoms with Gasteiger partial charge < -0.3 is 9.84 Å². The summed E-state index contributed by atoms with van der Waals surface area (Å²) in [5, 5.41) is 8.82. The minimum Gasteiger partial charge on any atom is -0.515 e. The van der Waals surface area contributed by atoms with E-state index in [1.165, 1.54) is 7.11 Å². The van der Waals surface area contributed by atoms with Gasteiger partial charge in [-0.05, 0) is 5.56 Å². The van der Waals surface area contributed by atoms with Gasteiger partial charge >= 0.3 is 5.97 Å². The maximum Gasteiger partial charge on any atom is 0.341 e.